The predicted octanol–water partition coefficient (Wildman–Crippen LogP) is 1.85. The van der Waals surface area contributed by atoms with Gasteiger partial charge in [-0.3, -0.25) is 0 Å². The Bertz CT molecular complexity index is 253. The summed E-state index contributed by atoms with van der Waals surface area (Å²) < 4.78 is 5.61. The minimum absolute atomic E-state index is 0.00189. The summed E-state index contributed by atoms with van der Waals surface area (Å²) >= 11 is 4.13. The van der Waals surface area contributed by atoms with Gasteiger partial charge in [-0.15, -0.1) is 0 Å². The van der Waals surface area contributed by atoms with Crippen molar-refractivity contribution >= 4 is 12.6 Å². The number of hydrogen-bond donors (Lipinski definition) is 2. The molecule has 3 heteroatoms. The average Bonchev–Trinajstić information content (AvgIpc) is 2.26. The quantitative estimate of drug-likeness (QED) is 0.729. The molecule has 2 nitrogen and oxygen atoms in total. The molecule has 0 heterocycles. The van der Waals surface area contributed by atoms with Crippen LogP contribution in [0.25, 0.3) is 0 Å². The maximum atomic E-state index is 5.78. The molecule has 14 heavy (non-hydrogen) atoms. The summed E-state index contributed by atoms with van der Waals surface area (Å²) in [6.45, 7) is 2.59. The van der Waals surface area contributed by atoms with Crippen molar-refractivity contribution in [3.05, 3.63) is 35.9 Å². The number of thiol groups is 1. The molecule has 2 N–H and O–H groups in total. The monoisotopic (exact) mass is 211 g/mol. The highest BCUT2D eigenvalue weighted by atomic mass is 32.1. The third-order valence-corrected chi connectivity index (χ3v) is 2.59. The lowest BCUT2D eigenvalue weighted by Gasteiger charge is -2.18. The van der Waals surface area contributed by atoms with Crippen molar-refractivity contribution in [1.29, 1.82) is 0 Å². The highest BCUT2D eigenvalue weighted by Gasteiger charge is 2.10. The molecule has 0 unspecified atom stereocenters. The van der Waals surface area contributed by atoms with Gasteiger partial charge in [-0.25, -0.2) is 0 Å². The van der Waals surface area contributed by atoms with Crippen LogP contribution in [0.2, 0.25) is 0 Å². The Morgan fingerprint density at radius 3 is 2.57 bits per heavy atom. The van der Waals surface area contributed by atoms with E-state index in [0.717, 1.165) is 0 Å². The first kappa shape index (κ1) is 11.6. The molecule has 0 saturated carbocycles. The van der Waals surface area contributed by atoms with Gasteiger partial charge in [0.05, 0.1) is 12.7 Å². The van der Waals surface area contributed by atoms with Crippen molar-refractivity contribution in [2.45, 2.75) is 25.7 Å². The summed E-state index contributed by atoms with van der Waals surface area (Å²) in [5.41, 5.74) is 6.95. The average molecular weight is 211 g/mol. The van der Waals surface area contributed by atoms with E-state index in [-0.39, 0.29) is 12.1 Å². The summed E-state index contributed by atoms with van der Waals surface area (Å²) in [5.74, 6) is 0.649. The van der Waals surface area contributed by atoms with Gasteiger partial charge in [0, 0.05) is 11.8 Å². The summed E-state index contributed by atoms with van der Waals surface area (Å²) in [6, 6.07) is 10.1. The van der Waals surface area contributed by atoms with Crippen LogP contribution in [0.3, 0.4) is 0 Å². The third kappa shape index (κ3) is 3.70. The molecule has 0 fully saturated rings. The fourth-order valence-corrected chi connectivity index (χ4v) is 1.37. The van der Waals surface area contributed by atoms with Crippen LogP contribution < -0.4 is 5.73 Å². The number of nitrogens with two attached hydrogens (primary N) is 1. The molecule has 0 radical (unpaired) electrons. The lowest BCUT2D eigenvalue weighted by Crippen LogP contribution is -2.36. The van der Waals surface area contributed by atoms with Crippen molar-refractivity contribution in [1.82, 2.24) is 0 Å². The highest BCUT2D eigenvalue weighted by molar-refractivity contribution is 7.80. The first-order valence-corrected chi connectivity index (χ1v) is 5.39. The zero-order chi connectivity index (χ0) is 10.4. The Labute approximate surface area is 90.9 Å². The van der Waals surface area contributed by atoms with Crippen LogP contribution >= 0.6 is 12.6 Å². The van der Waals surface area contributed by atoms with E-state index in [4.69, 9.17) is 10.5 Å². The SMILES string of the molecule is C[C@@H](OCc1ccccc1)[C@H](N)CS. The van der Waals surface area contributed by atoms with Gasteiger partial charge in [0.2, 0.25) is 0 Å². The minimum Gasteiger partial charge on any atom is -0.372 e. The molecule has 1 aromatic carbocycles. The second-order valence-corrected chi connectivity index (χ2v) is 3.71. The Hall–Kier alpha value is -0.510. The van der Waals surface area contributed by atoms with Gasteiger partial charge in [0.1, 0.15) is 0 Å². The molecule has 78 valence electrons. The lowest BCUT2D eigenvalue weighted by atomic mass is 10.2. The predicted molar refractivity (Wildman–Crippen MR) is 62.5 cm³/mol. The van der Waals surface area contributed by atoms with E-state index in [1.54, 1.807) is 0 Å². The van der Waals surface area contributed by atoms with Crippen molar-refractivity contribution in [3.8, 4) is 0 Å². The van der Waals surface area contributed by atoms with Crippen LogP contribution in [0.1, 0.15) is 12.5 Å². The molecule has 0 aliphatic carbocycles. The lowest BCUT2D eigenvalue weighted by molar-refractivity contribution is 0.0408. The van der Waals surface area contributed by atoms with E-state index in [2.05, 4.69) is 12.6 Å². The van der Waals surface area contributed by atoms with Gasteiger partial charge < -0.3 is 10.5 Å². The summed E-state index contributed by atoms with van der Waals surface area (Å²) in [7, 11) is 0. The Morgan fingerprint density at radius 1 is 1.36 bits per heavy atom. The zero-order valence-electron chi connectivity index (χ0n) is 8.39. The van der Waals surface area contributed by atoms with Crippen molar-refractivity contribution < 1.29 is 4.74 Å². The first-order chi connectivity index (χ1) is 6.74. The standard InChI is InChI=1S/C11H17NOS/c1-9(11(12)8-14)13-7-10-5-3-2-4-6-10/h2-6,9,11,14H,7-8,12H2,1H3/t9-,11-/m1/s1. The number of hydrogen-bond acceptors (Lipinski definition) is 3. The van der Waals surface area contributed by atoms with Crippen LogP contribution in [-0.2, 0) is 11.3 Å². The Balaban J connectivity index is 2.34. The molecule has 1 aromatic rings. The van der Waals surface area contributed by atoms with Crippen molar-refractivity contribution in [2.75, 3.05) is 5.75 Å². The van der Waals surface area contributed by atoms with E-state index in [1.807, 2.05) is 37.3 Å². The second kappa shape index (κ2) is 6.06. The largest absolute Gasteiger partial charge is 0.372 e. The van der Waals surface area contributed by atoms with Crippen LogP contribution in [0.15, 0.2) is 30.3 Å². The van der Waals surface area contributed by atoms with Gasteiger partial charge in [-0.1, -0.05) is 30.3 Å². The summed E-state index contributed by atoms with van der Waals surface area (Å²) in [5, 5.41) is 0. The number of rotatable bonds is 5. The topological polar surface area (TPSA) is 35.2 Å². The van der Waals surface area contributed by atoms with Crippen LogP contribution in [0.5, 0.6) is 0 Å². The summed E-state index contributed by atoms with van der Waals surface area (Å²) in [4.78, 5) is 0. The molecule has 0 amide bonds. The van der Waals surface area contributed by atoms with E-state index >= 15 is 0 Å². The van der Waals surface area contributed by atoms with E-state index < -0.39 is 0 Å². The molecular weight excluding hydrogens is 194 g/mol. The molecule has 0 aromatic heterocycles. The molecule has 0 aliphatic rings. The van der Waals surface area contributed by atoms with Crippen LogP contribution in [0, 0.1) is 0 Å². The number of ether oxygens (including phenoxy) is 1. The fourth-order valence-electron chi connectivity index (χ4n) is 1.07. The van der Waals surface area contributed by atoms with E-state index in [1.165, 1.54) is 5.56 Å². The third-order valence-electron chi connectivity index (χ3n) is 2.17. The summed E-state index contributed by atoms with van der Waals surface area (Å²) in [6.07, 6.45) is 0.0488. The van der Waals surface area contributed by atoms with Gasteiger partial charge in [-0.2, -0.15) is 12.6 Å². The maximum absolute atomic E-state index is 5.78. The second-order valence-electron chi connectivity index (χ2n) is 3.35. The molecule has 1 rings (SSSR count). The van der Waals surface area contributed by atoms with E-state index in [0.29, 0.717) is 12.4 Å². The number of benzene rings is 1. The van der Waals surface area contributed by atoms with E-state index in [9.17, 15) is 0 Å². The molecular formula is C11H17NOS. The molecule has 0 bridgehead atoms. The van der Waals surface area contributed by atoms with Crippen LogP contribution in [-0.4, -0.2) is 17.9 Å². The van der Waals surface area contributed by atoms with Gasteiger partial charge in [0.25, 0.3) is 0 Å². The normalized spacial score (nSPS) is 15.1. The van der Waals surface area contributed by atoms with Crippen LogP contribution in [0.4, 0.5) is 0 Å². The van der Waals surface area contributed by atoms with Crippen molar-refractivity contribution in [3.63, 3.8) is 0 Å². The molecule has 0 saturated heterocycles. The highest BCUT2D eigenvalue weighted by Crippen LogP contribution is 2.05. The minimum atomic E-state index is 0.00189. The maximum Gasteiger partial charge on any atom is 0.0721 e. The van der Waals surface area contributed by atoms with Gasteiger partial charge >= 0.3 is 0 Å². The Morgan fingerprint density at radius 2 is 2.00 bits per heavy atom. The van der Waals surface area contributed by atoms with Gasteiger partial charge in [0.15, 0.2) is 0 Å². The molecule has 2 atom stereocenters. The Kier molecular flexibility index (Phi) is 5.01. The zero-order valence-corrected chi connectivity index (χ0v) is 9.28. The first-order valence-electron chi connectivity index (χ1n) is 4.76. The molecule has 0 spiro atoms. The van der Waals surface area contributed by atoms with Crippen molar-refractivity contribution in [2.24, 2.45) is 5.73 Å². The smallest absolute Gasteiger partial charge is 0.0721 e. The molecule has 0 aliphatic heterocycles. The van der Waals surface area contributed by atoms with Gasteiger partial charge in [-0.05, 0) is 12.5 Å². The fraction of sp³-hybridized carbons (Fsp3) is 0.455.